The van der Waals surface area contributed by atoms with Crippen LogP contribution >= 0.6 is 0 Å². The molecular formula is C22H24N2O3. The van der Waals surface area contributed by atoms with Crippen LogP contribution in [0.4, 0.5) is 0 Å². The van der Waals surface area contributed by atoms with Gasteiger partial charge in [0.2, 0.25) is 0 Å². The minimum Gasteiger partial charge on any atom is -0.395 e. The minimum atomic E-state index is -0.213. The average molecular weight is 364 g/mol. The second kappa shape index (κ2) is 7.76. The lowest BCUT2D eigenvalue weighted by Crippen LogP contribution is -2.35. The van der Waals surface area contributed by atoms with E-state index in [1.807, 2.05) is 57.2 Å². The van der Waals surface area contributed by atoms with Gasteiger partial charge in [-0.15, -0.1) is 0 Å². The lowest BCUT2D eigenvalue weighted by Gasteiger charge is -2.22. The van der Waals surface area contributed by atoms with Crippen molar-refractivity contribution in [1.29, 1.82) is 0 Å². The molecular weight excluding hydrogens is 340 g/mol. The molecule has 3 rings (SSSR count). The summed E-state index contributed by atoms with van der Waals surface area (Å²) in [6, 6.07) is 13.2. The smallest absolute Gasteiger partial charge is 0.254 e. The fraction of sp³-hybridized carbons (Fsp3) is 0.273. The first-order valence-electron chi connectivity index (χ1n) is 8.99. The van der Waals surface area contributed by atoms with Gasteiger partial charge in [-0.1, -0.05) is 29.8 Å². The third-order valence-corrected chi connectivity index (χ3v) is 4.76. The first-order valence-corrected chi connectivity index (χ1v) is 8.99. The van der Waals surface area contributed by atoms with E-state index >= 15 is 0 Å². The highest BCUT2D eigenvalue weighted by Gasteiger charge is 2.19. The number of amides is 1. The molecule has 0 bridgehead atoms. The Hall–Kier alpha value is -2.92. The van der Waals surface area contributed by atoms with Crippen molar-refractivity contribution in [2.45, 2.75) is 27.3 Å². The number of carbonyl (C=O) groups excluding carboxylic acids is 1. The van der Waals surface area contributed by atoms with Gasteiger partial charge < -0.3 is 15.0 Å². The van der Waals surface area contributed by atoms with Gasteiger partial charge in [0.1, 0.15) is 0 Å². The van der Waals surface area contributed by atoms with E-state index in [4.69, 9.17) is 0 Å². The molecule has 0 aliphatic heterocycles. The van der Waals surface area contributed by atoms with Gasteiger partial charge in [-0.05, 0) is 55.5 Å². The Morgan fingerprint density at radius 3 is 2.52 bits per heavy atom. The number of aliphatic hydroxyl groups is 1. The number of pyridine rings is 1. The molecule has 0 aliphatic rings. The third kappa shape index (κ3) is 3.93. The summed E-state index contributed by atoms with van der Waals surface area (Å²) in [6.45, 7) is 5.99. The number of H-pyrrole nitrogens is 1. The normalized spacial score (nSPS) is 11.0. The molecule has 0 fully saturated rings. The molecule has 0 unspecified atom stereocenters. The number of benzene rings is 2. The lowest BCUT2D eigenvalue weighted by molar-refractivity contribution is 0.0706. The van der Waals surface area contributed by atoms with Crippen molar-refractivity contribution in [3.63, 3.8) is 0 Å². The summed E-state index contributed by atoms with van der Waals surface area (Å²) in [5, 5.41) is 10.4. The average Bonchev–Trinajstić information content (AvgIpc) is 2.62. The summed E-state index contributed by atoms with van der Waals surface area (Å²) < 4.78 is 0. The molecule has 0 saturated carbocycles. The van der Waals surface area contributed by atoms with Gasteiger partial charge in [-0.2, -0.15) is 0 Å². The molecule has 0 aliphatic carbocycles. The molecule has 5 nitrogen and oxygen atoms in total. The monoisotopic (exact) mass is 364 g/mol. The predicted molar refractivity (Wildman–Crippen MR) is 107 cm³/mol. The van der Waals surface area contributed by atoms with Crippen molar-refractivity contribution in [3.8, 4) is 0 Å². The maximum absolute atomic E-state index is 12.9. The zero-order valence-electron chi connectivity index (χ0n) is 15.9. The molecule has 0 radical (unpaired) electrons. The van der Waals surface area contributed by atoms with Crippen molar-refractivity contribution < 1.29 is 9.90 Å². The van der Waals surface area contributed by atoms with Gasteiger partial charge in [0, 0.05) is 17.7 Å². The highest BCUT2D eigenvalue weighted by Crippen LogP contribution is 2.19. The highest BCUT2D eigenvalue weighted by molar-refractivity contribution is 5.95. The number of aliphatic hydroxyl groups excluding tert-OH is 1. The maximum atomic E-state index is 12.9. The number of fused-ring (bicyclic) bond motifs is 1. The Morgan fingerprint density at radius 1 is 1.07 bits per heavy atom. The first kappa shape index (κ1) is 18.9. The number of nitrogens with zero attached hydrogens (tertiary/aromatic N) is 1. The van der Waals surface area contributed by atoms with E-state index in [-0.39, 0.29) is 31.2 Å². The second-order valence-corrected chi connectivity index (χ2v) is 6.93. The number of aromatic nitrogens is 1. The van der Waals surface area contributed by atoms with E-state index < -0.39 is 0 Å². The van der Waals surface area contributed by atoms with Crippen LogP contribution < -0.4 is 5.56 Å². The molecule has 140 valence electrons. The zero-order valence-corrected chi connectivity index (χ0v) is 15.9. The fourth-order valence-corrected chi connectivity index (χ4v) is 3.41. The van der Waals surface area contributed by atoms with Crippen LogP contribution in [0.3, 0.4) is 0 Å². The molecule has 1 aromatic heterocycles. The Labute approximate surface area is 158 Å². The summed E-state index contributed by atoms with van der Waals surface area (Å²) in [5.41, 5.74) is 4.67. The van der Waals surface area contributed by atoms with Crippen LogP contribution in [0.5, 0.6) is 0 Å². The number of carbonyl (C=O) groups is 1. The standard InChI is InChI=1S/C22H24N2O3/c1-14-10-16(3)20-17(11-14)12-18(21(26)23-20)13-24(8-9-25)22(27)19-7-5-4-6-15(19)2/h4-7,10-12,25H,8-9,13H2,1-3H3,(H,23,26). The van der Waals surface area contributed by atoms with E-state index in [0.29, 0.717) is 11.1 Å². The number of hydrogen-bond acceptors (Lipinski definition) is 3. The first-order chi connectivity index (χ1) is 12.9. The Bertz CT molecular complexity index is 1050. The molecule has 2 N–H and O–H groups in total. The molecule has 27 heavy (non-hydrogen) atoms. The Balaban J connectivity index is 1.99. The van der Waals surface area contributed by atoms with Crippen molar-refractivity contribution in [2.75, 3.05) is 13.2 Å². The van der Waals surface area contributed by atoms with Crippen LogP contribution in [0.1, 0.15) is 32.6 Å². The Morgan fingerprint density at radius 2 is 1.81 bits per heavy atom. The number of hydrogen-bond donors (Lipinski definition) is 2. The molecule has 0 spiro atoms. The number of aromatic amines is 1. The number of nitrogens with one attached hydrogen (secondary N) is 1. The second-order valence-electron chi connectivity index (χ2n) is 6.93. The summed E-state index contributed by atoms with van der Waals surface area (Å²) in [6.07, 6.45) is 0. The summed E-state index contributed by atoms with van der Waals surface area (Å²) in [4.78, 5) is 30.0. The lowest BCUT2D eigenvalue weighted by atomic mass is 10.0. The molecule has 1 amide bonds. The van der Waals surface area contributed by atoms with E-state index in [9.17, 15) is 14.7 Å². The van der Waals surface area contributed by atoms with Crippen molar-refractivity contribution in [1.82, 2.24) is 9.88 Å². The highest BCUT2D eigenvalue weighted by atomic mass is 16.3. The third-order valence-electron chi connectivity index (χ3n) is 4.76. The van der Waals surface area contributed by atoms with Gasteiger partial charge >= 0.3 is 0 Å². The van der Waals surface area contributed by atoms with Crippen LogP contribution in [0.25, 0.3) is 10.9 Å². The van der Waals surface area contributed by atoms with Crippen molar-refractivity contribution in [2.24, 2.45) is 0 Å². The molecule has 2 aromatic carbocycles. The van der Waals surface area contributed by atoms with Gasteiger partial charge in [0.25, 0.3) is 11.5 Å². The quantitative estimate of drug-likeness (QED) is 0.731. The number of rotatable bonds is 5. The molecule has 1 heterocycles. The van der Waals surface area contributed by atoms with Gasteiger partial charge in [0.15, 0.2) is 0 Å². The fourth-order valence-electron chi connectivity index (χ4n) is 3.41. The van der Waals surface area contributed by atoms with Crippen LogP contribution in [-0.4, -0.2) is 34.0 Å². The van der Waals surface area contributed by atoms with Crippen LogP contribution in [0.15, 0.2) is 47.3 Å². The van der Waals surface area contributed by atoms with E-state index in [2.05, 4.69) is 4.98 Å². The van der Waals surface area contributed by atoms with E-state index in [0.717, 1.165) is 27.6 Å². The molecule has 0 atom stereocenters. The summed E-state index contributed by atoms with van der Waals surface area (Å²) >= 11 is 0. The van der Waals surface area contributed by atoms with E-state index in [1.54, 1.807) is 6.07 Å². The predicted octanol–water partition coefficient (Wildman–Crippen LogP) is 3.09. The van der Waals surface area contributed by atoms with Gasteiger partial charge in [0.05, 0.1) is 18.7 Å². The SMILES string of the molecule is Cc1cc(C)c2[nH]c(=O)c(CN(CCO)C(=O)c3ccccc3C)cc2c1. The molecule has 0 saturated heterocycles. The van der Waals surface area contributed by atoms with Crippen LogP contribution in [0, 0.1) is 20.8 Å². The Kier molecular flexibility index (Phi) is 5.42. The topological polar surface area (TPSA) is 73.4 Å². The number of aryl methyl sites for hydroxylation is 3. The molecule has 3 aromatic rings. The van der Waals surface area contributed by atoms with Gasteiger partial charge in [-0.25, -0.2) is 0 Å². The maximum Gasteiger partial charge on any atom is 0.254 e. The van der Waals surface area contributed by atoms with Crippen LogP contribution in [0.2, 0.25) is 0 Å². The zero-order chi connectivity index (χ0) is 19.6. The van der Waals surface area contributed by atoms with Crippen LogP contribution in [-0.2, 0) is 6.54 Å². The van der Waals surface area contributed by atoms with Crippen molar-refractivity contribution >= 4 is 16.8 Å². The summed E-state index contributed by atoms with van der Waals surface area (Å²) in [7, 11) is 0. The largest absolute Gasteiger partial charge is 0.395 e. The molecule has 5 heteroatoms. The minimum absolute atomic E-state index is 0.145. The van der Waals surface area contributed by atoms with Crippen molar-refractivity contribution in [3.05, 3.63) is 80.6 Å². The van der Waals surface area contributed by atoms with Gasteiger partial charge in [-0.3, -0.25) is 9.59 Å². The van der Waals surface area contributed by atoms with E-state index in [1.165, 1.54) is 4.90 Å². The summed E-state index contributed by atoms with van der Waals surface area (Å²) in [5.74, 6) is -0.193.